The molecule has 0 spiro atoms. The lowest BCUT2D eigenvalue weighted by atomic mass is 10.1. The van der Waals surface area contributed by atoms with Crippen LogP contribution < -0.4 is 16.3 Å². The summed E-state index contributed by atoms with van der Waals surface area (Å²) in [7, 11) is 0. The van der Waals surface area contributed by atoms with E-state index in [1.165, 1.54) is 6.07 Å². The highest BCUT2D eigenvalue weighted by molar-refractivity contribution is 6.01. The predicted molar refractivity (Wildman–Crippen MR) is 88.9 cm³/mol. The van der Waals surface area contributed by atoms with Gasteiger partial charge in [-0.1, -0.05) is 26.0 Å². The number of hydrogen-bond acceptors (Lipinski definition) is 5. The van der Waals surface area contributed by atoms with Crippen LogP contribution in [0.1, 0.15) is 30.6 Å². The van der Waals surface area contributed by atoms with Gasteiger partial charge in [0.1, 0.15) is 11.3 Å². The first kappa shape index (κ1) is 17.5. The lowest BCUT2D eigenvalue weighted by Crippen LogP contribution is -2.36. The molecule has 1 aromatic heterocycles. The van der Waals surface area contributed by atoms with Crippen LogP contribution in [0.5, 0.6) is 5.75 Å². The summed E-state index contributed by atoms with van der Waals surface area (Å²) in [4.78, 5) is 35.5. The lowest BCUT2D eigenvalue weighted by Gasteiger charge is -2.09. The summed E-state index contributed by atoms with van der Waals surface area (Å²) in [5.74, 6) is -1.01. The first-order valence-electron chi connectivity index (χ1n) is 7.70. The quantitative estimate of drug-likeness (QED) is 0.547. The molecule has 128 valence electrons. The highest BCUT2D eigenvalue weighted by Crippen LogP contribution is 2.25. The van der Waals surface area contributed by atoms with Crippen molar-refractivity contribution in [3.63, 3.8) is 0 Å². The second kappa shape index (κ2) is 7.63. The summed E-state index contributed by atoms with van der Waals surface area (Å²) < 4.78 is 5.04. The molecule has 0 fully saturated rings. The summed E-state index contributed by atoms with van der Waals surface area (Å²) in [6.07, 6.45) is 0.406. The summed E-state index contributed by atoms with van der Waals surface area (Å²) >= 11 is 0. The van der Waals surface area contributed by atoms with E-state index >= 15 is 0 Å². The summed E-state index contributed by atoms with van der Waals surface area (Å²) in [5, 5.41) is 15.6. The summed E-state index contributed by atoms with van der Waals surface area (Å²) in [6, 6.07) is 6.40. The third-order valence-corrected chi connectivity index (χ3v) is 3.34. The third-order valence-electron chi connectivity index (χ3n) is 3.34. The Kier molecular flexibility index (Phi) is 5.57. The van der Waals surface area contributed by atoms with Crippen molar-refractivity contribution in [3.8, 4) is 5.75 Å². The van der Waals surface area contributed by atoms with Gasteiger partial charge in [-0.25, -0.2) is 4.79 Å². The van der Waals surface area contributed by atoms with Gasteiger partial charge in [0.05, 0.1) is 5.39 Å². The fraction of sp³-hybridized carbons (Fsp3) is 0.353. The van der Waals surface area contributed by atoms with Crippen LogP contribution in [0, 0.1) is 5.92 Å². The van der Waals surface area contributed by atoms with E-state index in [0.717, 1.165) is 0 Å². The molecule has 0 atom stereocenters. The molecule has 7 heteroatoms. The van der Waals surface area contributed by atoms with Crippen molar-refractivity contribution in [1.29, 1.82) is 0 Å². The number of hydrogen-bond donors (Lipinski definition) is 3. The molecule has 0 aliphatic heterocycles. The molecule has 0 bridgehead atoms. The Morgan fingerprint density at radius 1 is 1.17 bits per heavy atom. The van der Waals surface area contributed by atoms with Crippen LogP contribution in [-0.2, 0) is 4.79 Å². The maximum absolute atomic E-state index is 12.1. The van der Waals surface area contributed by atoms with Gasteiger partial charge in [-0.3, -0.25) is 9.59 Å². The SMILES string of the molecule is CC(C)CC(=O)NCCNC(=O)c1c(O)c2ccccc2oc1=O. The normalized spacial score (nSPS) is 10.8. The molecule has 0 saturated carbocycles. The number of nitrogens with one attached hydrogen (secondary N) is 2. The van der Waals surface area contributed by atoms with Gasteiger partial charge in [-0.05, 0) is 18.1 Å². The van der Waals surface area contributed by atoms with E-state index in [9.17, 15) is 19.5 Å². The molecule has 0 radical (unpaired) electrons. The van der Waals surface area contributed by atoms with Crippen molar-refractivity contribution >= 4 is 22.8 Å². The Hall–Kier alpha value is -2.83. The van der Waals surface area contributed by atoms with E-state index in [1.54, 1.807) is 18.2 Å². The van der Waals surface area contributed by atoms with Crippen molar-refractivity contribution in [3.05, 3.63) is 40.2 Å². The average Bonchev–Trinajstić information content (AvgIpc) is 2.51. The van der Waals surface area contributed by atoms with Crippen molar-refractivity contribution in [2.24, 2.45) is 5.92 Å². The standard InChI is InChI=1S/C17H20N2O5/c1-10(2)9-13(20)18-7-8-19-16(22)14-15(21)11-5-3-4-6-12(11)24-17(14)23/h3-6,10,21H,7-9H2,1-2H3,(H,18,20)(H,19,22). The number of benzene rings is 1. The Bertz CT molecular complexity index is 810. The number of aromatic hydroxyl groups is 1. The predicted octanol–water partition coefficient (Wildman–Crippen LogP) is 1.39. The fourth-order valence-corrected chi connectivity index (χ4v) is 2.24. The number of amides is 2. The van der Waals surface area contributed by atoms with Gasteiger partial charge >= 0.3 is 5.63 Å². The largest absolute Gasteiger partial charge is 0.506 e. The molecule has 0 unspecified atom stereocenters. The third kappa shape index (κ3) is 4.13. The molecule has 3 N–H and O–H groups in total. The molecule has 0 saturated heterocycles. The smallest absolute Gasteiger partial charge is 0.353 e. The molecule has 0 aliphatic rings. The molecule has 1 aromatic carbocycles. The minimum absolute atomic E-state index is 0.104. The van der Waals surface area contributed by atoms with E-state index in [2.05, 4.69) is 10.6 Å². The highest BCUT2D eigenvalue weighted by atomic mass is 16.4. The van der Waals surface area contributed by atoms with Crippen molar-refractivity contribution in [1.82, 2.24) is 10.6 Å². The van der Waals surface area contributed by atoms with Crippen molar-refractivity contribution in [2.75, 3.05) is 13.1 Å². The van der Waals surface area contributed by atoms with E-state index in [0.29, 0.717) is 6.42 Å². The molecular formula is C17H20N2O5. The van der Waals surface area contributed by atoms with Gasteiger partial charge in [0, 0.05) is 19.5 Å². The number of carbonyl (C=O) groups excluding carboxylic acids is 2. The van der Waals surface area contributed by atoms with Crippen molar-refractivity contribution in [2.45, 2.75) is 20.3 Å². The van der Waals surface area contributed by atoms with Crippen LogP contribution in [0.3, 0.4) is 0 Å². The first-order chi connectivity index (χ1) is 11.4. The van der Waals surface area contributed by atoms with Crippen LogP contribution in [0.4, 0.5) is 0 Å². The molecule has 1 heterocycles. The number of fused-ring (bicyclic) bond motifs is 1. The molecule has 0 aliphatic carbocycles. The van der Waals surface area contributed by atoms with Crippen LogP contribution in [0.25, 0.3) is 11.0 Å². The van der Waals surface area contributed by atoms with E-state index in [-0.39, 0.29) is 35.9 Å². The zero-order chi connectivity index (χ0) is 17.7. The van der Waals surface area contributed by atoms with Gasteiger partial charge in [-0.15, -0.1) is 0 Å². The van der Waals surface area contributed by atoms with Crippen LogP contribution in [0.2, 0.25) is 0 Å². The van der Waals surface area contributed by atoms with Crippen molar-refractivity contribution < 1.29 is 19.1 Å². The van der Waals surface area contributed by atoms with E-state index < -0.39 is 22.8 Å². The van der Waals surface area contributed by atoms with E-state index in [1.807, 2.05) is 13.8 Å². The Labute approximate surface area is 138 Å². The minimum atomic E-state index is -0.910. The molecular weight excluding hydrogens is 312 g/mol. The van der Waals surface area contributed by atoms with Crippen LogP contribution in [-0.4, -0.2) is 30.0 Å². The van der Waals surface area contributed by atoms with Gasteiger partial charge in [0.2, 0.25) is 5.91 Å². The number of rotatable bonds is 6. The monoisotopic (exact) mass is 332 g/mol. The maximum atomic E-state index is 12.1. The zero-order valence-electron chi connectivity index (χ0n) is 13.6. The number of para-hydroxylation sites is 1. The molecule has 7 nitrogen and oxygen atoms in total. The molecule has 2 rings (SSSR count). The highest BCUT2D eigenvalue weighted by Gasteiger charge is 2.20. The lowest BCUT2D eigenvalue weighted by molar-refractivity contribution is -0.121. The summed E-state index contributed by atoms with van der Waals surface area (Å²) in [5.41, 5.74) is -1.15. The zero-order valence-corrected chi connectivity index (χ0v) is 13.6. The Balaban J connectivity index is 2.02. The maximum Gasteiger partial charge on any atom is 0.353 e. The summed E-state index contributed by atoms with van der Waals surface area (Å²) in [6.45, 7) is 4.23. The number of carbonyl (C=O) groups is 2. The molecule has 24 heavy (non-hydrogen) atoms. The van der Waals surface area contributed by atoms with E-state index in [4.69, 9.17) is 4.42 Å². The second-order valence-corrected chi connectivity index (χ2v) is 5.81. The van der Waals surface area contributed by atoms with Gasteiger partial charge in [0.25, 0.3) is 5.91 Å². The van der Waals surface area contributed by atoms with Crippen LogP contribution in [0.15, 0.2) is 33.5 Å². The second-order valence-electron chi connectivity index (χ2n) is 5.81. The topological polar surface area (TPSA) is 109 Å². The Morgan fingerprint density at radius 3 is 2.54 bits per heavy atom. The molecule has 2 amide bonds. The van der Waals surface area contributed by atoms with Gasteiger partial charge < -0.3 is 20.2 Å². The minimum Gasteiger partial charge on any atom is -0.506 e. The fourth-order valence-electron chi connectivity index (χ4n) is 2.24. The Morgan fingerprint density at radius 2 is 1.83 bits per heavy atom. The van der Waals surface area contributed by atoms with Crippen LogP contribution >= 0.6 is 0 Å². The van der Waals surface area contributed by atoms with Gasteiger partial charge in [-0.2, -0.15) is 0 Å². The average molecular weight is 332 g/mol. The first-order valence-corrected chi connectivity index (χ1v) is 7.70. The molecule has 2 aromatic rings. The van der Waals surface area contributed by atoms with Gasteiger partial charge in [0.15, 0.2) is 5.56 Å².